The number of benzene rings is 1. The van der Waals surface area contributed by atoms with Crippen molar-refractivity contribution in [1.82, 2.24) is 15.2 Å². The second-order valence-electron chi connectivity index (χ2n) is 10.1. The van der Waals surface area contributed by atoms with Crippen molar-refractivity contribution in [3.63, 3.8) is 0 Å². The molecule has 4 rings (SSSR count). The summed E-state index contributed by atoms with van der Waals surface area (Å²) in [6.45, 7) is 3.47. The maximum absolute atomic E-state index is 12.1. The second-order valence-corrected chi connectivity index (χ2v) is 10.1. The number of aliphatic carboxylic acids is 1. The Kier molecular flexibility index (Phi) is 10.6. The van der Waals surface area contributed by atoms with Gasteiger partial charge in [0.05, 0.1) is 0 Å². The molecule has 1 unspecified atom stereocenters. The Balaban J connectivity index is 1.25. The summed E-state index contributed by atoms with van der Waals surface area (Å²) in [5.74, 6) is 0.781. The Morgan fingerprint density at radius 2 is 1.92 bits per heavy atom. The smallest absolute Gasteiger partial charge is 0.408 e. The Labute approximate surface area is 224 Å². The summed E-state index contributed by atoms with van der Waals surface area (Å²) in [6, 6.07) is 13.0. The number of unbranched alkanes of at least 4 members (excludes halogenated alkanes) is 1. The van der Waals surface area contributed by atoms with Crippen LogP contribution in [0.4, 0.5) is 10.6 Å². The van der Waals surface area contributed by atoms with Crippen LogP contribution < -0.4 is 15.4 Å². The minimum atomic E-state index is -1.05. The number of pyridine rings is 1. The summed E-state index contributed by atoms with van der Waals surface area (Å²) in [4.78, 5) is 30.9. The highest BCUT2D eigenvalue weighted by Crippen LogP contribution is 2.22. The van der Waals surface area contributed by atoms with Crippen molar-refractivity contribution in [1.29, 1.82) is 0 Å². The van der Waals surface area contributed by atoms with Gasteiger partial charge in [0.2, 0.25) is 0 Å². The zero-order valence-corrected chi connectivity index (χ0v) is 22.1. The summed E-state index contributed by atoms with van der Waals surface area (Å²) in [5.41, 5.74) is 2.39. The fraction of sp³-hybridized carbons (Fsp3) is 0.552. The largest absolute Gasteiger partial charge is 0.492 e. The highest BCUT2D eigenvalue weighted by molar-refractivity contribution is 5.79. The molecule has 1 saturated carbocycles. The number of nitrogens with one attached hydrogen (secondary N) is 2. The molecule has 2 aliphatic rings. The zero-order valence-electron chi connectivity index (χ0n) is 22.1. The first-order chi connectivity index (χ1) is 18.6. The third-order valence-corrected chi connectivity index (χ3v) is 7.18. The maximum atomic E-state index is 12.1. The summed E-state index contributed by atoms with van der Waals surface area (Å²) in [6.07, 6.45) is 7.36. The average molecular weight is 525 g/mol. The average Bonchev–Trinajstić information content (AvgIpc) is 2.91. The number of carbonyl (C=O) groups is 2. The van der Waals surface area contributed by atoms with Gasteiger partial charge in [0.25, 0.3) is 0 Å². The predicted octanol–water partition coefficient (Wildman–Crippen LogP) is 4.27. The van der Waals surface area contributed by atoms with Crippen LogP contribution in [0.1, 0.15) is 56.2 Å². The fourth-order valence-electron chi connectivity index (χ4n) is 4.68. The number of alkyl carbamates (subject to hydrolysis) is 1. The highest BCUT2D eigenvalue weighted by Gasteiger charge is 2.26. The predicted molar refractivity (Wildman–Crippen MR) is 146 cm³/mol. The van der Waals surface area contributed by atoms with E-state index in [-0.39, 0.29) is 6.10 Å². The third kappa shape index (κ3) is 8.90. The van der Waals surface area contributed by atoms with E-state index in [0.29, 0.717) is 26.1 Å². The van der Waals surface area contributed by atoms with Crippen LogP contribution in [0, 0.1) is 0 Å². The molecule has 0 radical (unpaired) electrons. The standard InChI is InChI=1S/C29H40N4O5/c34-28(35)26(32-29(36)38-25-12-6-13-25)16-19-33(20-21-37-24-10-2-1-3-11-24)18-5-4-9-23-15-14-22-8-7-17-30-27(22)31-23/h1-3,10-11,14-15,25-26H,4-9,12-13,16-21H2,(H,30,31)(H,32,36)(H,34,35). The molecule has 9 nitrogen and oxygen atoms in total. The van der Waals surface area contributed by atoms with Crippen LogP contribution in [-0.4, -0.2) is 72.0 Å². The molecule has 3 N–H and O–H groups in total. The molecule has 1 fully saturated rings. The molecular weight excluding hydrogens is 484 g/mol. The van der Waals surface area contributed by atoms with E-state index in [2.05, 4.69) is 27.7 Å². The van der Waals surface area contributed by atoms with E-state index in [1.807, 2.05) is 30.3 Å². The lowest BCUT2D eigenvalue weighted by atomic mass is 9.96. The van der Waals surface area contributed by atoms with Gasteiger partial charge in [-0.25, -0.2) is 14.6 Å². The van der Waals surface area contributed by atoms with Crippen LogP contribution >= 0.6 is 0 Å². The lowest BCUT2D eigenvalue weighted by molar-refractivity contribution is -0.139. The number of hydrogen-bond acceptors (Lipinski definition) is 7. The van der Waals surface area contributed by atoms with Crippen LogP contribution in [0.3, 0.4) is 0 Å². The topological polar surface area (TPSA) is 113 Å². The zero-order chi connectivity index (χ0) is 26.6. The van der Waals surface area contributed by atoms with Crippen molar-refractivity contribution in [3.05, 3.63) is 53.7 Å². The van der Waals surface area contributed by atoms with Crippen LogP contribution in [0.25, 0.3) is 0 Å². The minimum absolute atomic E-state index is 0.0866. The van der Waals surface area contributed by atoms with E-state index < -0.39 is 18.1 Å². The normalized spacial score (nSPS) is 15.6. The molecule has 1 aliphatic carbocycles. The van der Waals surface area contributed by atoms with Gasteiger partial charge in [-0.3, -0.25) is 4.90 Å². The fourth-order valence-corrected chi connectivity index (χ4v) is 4.68. The molecule has 2 aromatic rings. The van der Waals surface area contributed by atoms with Crippen LogP contribution in [0.5, 0.6) is 5.75 Å². The first-order valence-corrected chi connectivity index (χ1v) is 13.9. The number of carboxylic acids is 1. The summed E-state index contributed by atoms with van der Waals surface area (Å²) in [5, 5.41) is 15.6. The Morgan fingerprint density at radius 3 is 2.68 bits per heavy atom. The van der Waals surface area contributed by atoms with Crippen molar-refractivity contribution < 1.29 is 24.2 Å². The molecule has 1 aromatic heterocycles. The number of carbonyl (C=O) groups excluding carboxylic acids is 1. The van der Waals surface area contributed by atoms with Gasteiger partial charge in [-0.1, -0.05) is 24.3 Å². The monoisotopic (exact) mass is 524 g/mol. The Morgan fingerprint density at radius 1 is 1.08 bits per heavy atom. The van der Waals surface area contributed by atoms with E-state index in [1.54, 1.807) is 0 Å². The molecule has 0 spiro atoms. The van der Waals surface area contributed by atoms with Gasteiger partial charge in [0, 0.05) is 25.3 Å². The summed E-state index contributed by atoms with van der Waals surface area (Å²) >= 11 is 0. The van der Waals surface area contributed by atoms with Crippen LogP contribution in [0.2, 0.25) is 0 Å². The molecular formula is C29H40N4O5. The van der Waals surface area contributed by atoms with Gasteiger partial charge in [0.15, 0.2) is 0 Å². The van der Waals surface area contributed by atoms with Crippen molar-refractivity contribution in [3.8, 4) is 5.75 Å². The summed E-state index contributed by atoms with van der Waals surface area (Å²) in [7, 11) is 0. The van der Waals surface area contributed by atoms with Gasteiger partial charge >= 0.3 is 12.1 Å². The molecule has 0 bridgehead atoms. The number of carboxylic acid groups (broad SMARTS) is 1. The maximum Gasteiger partial charge on any atom is 0.408 e. The van der Waals surface area contributed by atoms with E-state index in [0.717, 1.165) is 81.7 Å². The first kappa shape index (κ1) is 27.7. The molecule has 1 amide bonds. The Hall–Kier alpha value is -3.33. The number of amides is 1. The molecule has 1 atom stereocenters. The van der Waals surface area contributed by atoms with Gasteiger partial charge in [-0.15, -0.1) is 0 Å². The molecule has 9 heteroatoms. The molecule has 38 heavy (non-hydrogen) atoms. The lowest BCUT2D eigenvalue weighted by Crippen LogP contribution is -2.45. The number of nitrogens with zero attached hydrogens (tertiary/aromatic N) is 2. The van der Waals surface area contributed by atoms with Crippen molar-refractivity contribution >= 4 is 17.9 Å². The second kappa shape index (κ2) is 14.6. The van der Waals surface area contributed by atoms with E-state index in [9.17, 15) is 14.7 Å². The molecule has 1 aromatic carbocycles. The van der Waals surface area contributed by atoms with Crippen molar-refractivity contribution in [2.75, 3.05) is 38.1 Å². The third-order valence-electron chi connectivity index (χ3n) is 7.18. The van der Waals surface area contributed by atoms with Gasteiger partial charge in [-0.2, -0.15) is 0 Å². The molecule has 206 valence electrons. The summed E-state index contributed by atoms with van der Waals surface area (Å²) < 4.78 is 11.2. The van der Waals surface area contributed by atoms with Crippen LogP contribution in [-0.2, 0) is 22.4 Å². The first-order valence-electron chi connectivity index (χ1n) is 13.9. The molecule has 1 aliphatic heterocycles. The molecule has 0 saturated heterocycles. The number of aryl methyl sites for hydroxylation is 2. The number of fused-ring (bicyclic) bond motifs is 1. The van der Waals surface area contributed by atoms with Gasteiger partial charge < -0.3 is 25.2 Å². The number of hydrogen-bond donors (Lipinski definition) is 3. The number of rotatable bonds is 15. The van der Waals surface area contributed by atoms with E-state index in [1.165, 1.54) is 5.56 Å². The number of para-hydroxylation sites is 1. The van der Waals surface area contributed by atoms with Crippen molar-refractivity contribution in [2.45, 2.75) is 69.9 Å². The highest BCUT2D eigenvalue weighted by atomic mass is 16.6. The quantitative estimate of drug-likeness (QED) is 0.296. The SMILES string of the molecule is O=C(NC(CCN(CCCCc1ccc2c(n1)NCCC2)CCOc1ccccc1)C(=O)O)OC1CCC1. The molecule has 2 heterocycles. The minimum Gasteiger partial charge on any atom is -0.492 e. The van der Waals surface area contributed by atoms with Gasteiger partial charge in [-0.05, 0) is 88.1 Å². The number of ether oxygens (including phenoxy) is 2. The number of anilines is 1. The Bertz CT molecular complexity index is 1030. The van der Waals surface area contributed by atoms with Crippen molar-refractivity contribution in [2.24, 2.45) is 0 Å². The van der Waals surface area contributed by atoms with Gasteiger partial charge in [0.1, 0.15) is 30.3 Å². The van der Waals surface area contributed by atoms with E-state index >= 15 is 0 Å². The lowest BCUT2D eigenvalue weighted by Gasteiger charge is -2.27. The number of aromatic nitrogens is 1. The van der Waals surface area contributed by atoms with Crippen LogP contribution in [0.15, 0.2) is 42.5 Å². The van der Waals surface area contributed by atoms with E-state index in [4.69, 9.17) is 14.5 Å².